The molecule has 0 atom stereocenters. The van der Waals surface area contributed by atoms with Crippen molar-refractivity contribution in [2.45, 2.75) is 6.61 Å². The van der Waals surface area contributed by atoms with E-state index in [4.69, 9.17) is 20.3 Å². The summed E-state index contributed by atoms with van der Waals surface area (Å²) >= 11 is 0. The van der Waals surface area contributed by atoms with E-state index in [1.54, 1.807) is 18.2 Å². The molecule has 1 amide bonds. The smallest absolute Gasteiger partial charge is 0.255 e. The van der Waals surface area contributed by atoms with Gasteiger partial charge in [0, 0.05) is 11.6 Å². The average Bonchev–Trinajstić information content (AvgIpc) is 2.25. The lowest BCUT2D eigenvalue weighted by Gasteiger charge is -2.09. The number of hydrogen-bond donors (Lipinski definition) is 2. The van der Waals surface area contributed by atoms with E-state index in [2.05, 4.69) is 0 Å². The predicted octanol–water partition coefficient (Wildman–Crippen LogP) is 0.0516. The van der Waals surface area contributed by atoms with Gasteiger partial charge in [-0.3, -0.25) is 4.79 Å². The third-order valence-corrected chi connectivity index (χ3v) is 1.81. The zero-order chi connectivity index (χ0) is 11.3. The standard InChI is InChI=1S/C10H13NO4/c1-14-9-4-8(15-6-10(11)13)3-2-7(9)5-12/h2-4,12H,5-6H2,1H3,(H2,11,13). The van der Waals surface area contributed by atoms with E-state index in [9.17, 15) is 4.79 Å². The molecule has 0 radical (unpaired) electrons. The number of aliphatic hydroxyl groups is 1. The van der Waals surface area contributed by atoms with Crippen LogP contribution in [0, 0.1) is 0 Å². The maximum absolute atomic E-state index is 10.5. The second kappa shape index (κ2) is 5.21. The molecule has 82 valence electrons. The minimum Gasteiger partial charge on any atom is -0.496 e. The zero-order valence-electron chi connectivity index (χ0n) is 8.40. The molecule has 1 aromatic rings. The lowest BCUT2D eigenvalue weighted by Crippen LogP contribution is -2.20. The van der Waals surface area contributed by atoms with Gasteiger partial charge in [0.1, 0.15) is 11.5 Å². The summed E-state index contributed by atoms with van der Waals surface area (Å²) in [6.45, 7) is -0.291. The van der Waals surface area contributed by atoms with Crippen molar-refractivity contribution < 1.29 is 19.4 Å². The van der Waals surface area contributed by atoms with Crippen LogP contribution in [0.1, 0.15) is 5.56 Å². The fourth-order valence-corrected chi connectivity index (χ4v) is 1.10. The molecule has 0 aromatic heterocycles. The number of carbonyl (C=O) groups is 1. The highest BCUT2D eigenvalue weighted by molar-refractivity contribution is 5.75. The summed E-state index contributed by atoms with van der Waals surface area (Å²) in [7, 11) is 1.49. The van der Waals surface area contributed by atoms with E-state index in [0.29, 0.717) is 17.1 Å². The van der Waals surface area contributed by atoms with Gasteiger partial charge in [-0.1, -0.05) is 0 Å². The van der Waals surface area contributed by atoms with Gasteiger partial charge in [0.15, 0.2) is 6.61 Å². The molecule has 0 bridgehead atoms. The van der Waals surface area contributed by atoms with Crippen molar-refractivity contribution in [3.63, 3.8) is 0 Å². The first kappa shape index (κ1) is 11.3. The number of amides is 1. The van der Waals surface area contributed by atoms with Crippen molar-refractivity contribution in [1.82, 2.24) is 0 Å². The minimum absolute atomic E-state index is 0.112. The number of primary amides is 1. The number of methoxy groups -OCH3 is 1. The van der Waals surface area contributed by atoms with Gasteiger partial charge >= 0.3 is 0 Å². The molecule has 0 fully saturated rings. The van der Waals surface area contributed by atoms with E-state index in [-0.39, 0.29) is 13.2 Å². The fraction of sp³-hybridized carbons (Fsp3) is 0.300. The number of rotatable bonds is 5. The van der Waals surface area contributed by atoms with Crippen molar-refractivity contribution in [3.05, 3.63) is 23.8 Å². The largest absolute Gasteiger partial charge is 0.496 e. The van der Waals surface area contributed by atoms with Gasteiger partial charge in [-0.15, -0.1) is 0 Å². The van der Waals surface area contributed by atoms with Crippen LogP contribution in [0.3, 0.4) is 0 Å². The molecule has 5 heteroatoms. The van der Waals surface area contributed by atoms with Gasteiger partial charge in [0.05, 0.1) is 13.7 Å². The molecule has 0 aliphatic heterocycles. The molecule has 0 heterocycles. The number of benzene rings is 1. The Kier molecular flexibility index (Phi) is 3.93. The summed E-state index contributed by atoms with van der Waals surface area (Å²) in [5.74, 6) is 0.447. The summed E-state index contributed by atoms with van der Waals surface area (Å²) < 4.78 is 10.1. The first-order valence-electron chi connectivity index (χ1n) is 4.36. The van der Waals surface area contributed by atoms with Gasteiger partial charge in [-0.2, -0.15) is 0 Å². The highest BCUT2D eigenvalue weighted by Crippen LogP contribution is 2.24. The lowest BCUT2D eigenvalue weighted by atomic mass is 10.2. The molecular formula is C10H13NO4. The van der Waals surface area contributed by atoms with Crippen LogP contribution in [0.5, 0.6) is 11.5 Å². The van der Waals surface area contributed by atoms with Gasteiger partial charge in [0.2, 0.25) is 0 Å². The van der Waals surface area contributed by atoms with Gasteiger partial charge in [-0.05, 0) is 12.1 Å². The lowest BCUT2D eigenvalue weighted by molar-refractivity contribution is -0.119. The molecule has 1 rings (SSSR count). The number of aliphatic hydroxyl groups excluding tert-OH is 1. The third-order valence-electron chi connectivity index (χ3n) is 1.81. The van der Waals surface area contributed by atoms with Crippen LogP contribution in [0.15, 0.2) is 18.2 Å². The maximum Gasteiger partial charge on any atom is 0.255 e. The molecule has 5 nitrogen and oxygen atoms in total. The summed E-state index contributed by atoms with van der Waals surface area (Å²) in [4.78, 5) is 10.5. The van der Waals surface area contributed by atoms with Crippen LogP contribution in [0.4, 0.5) is 0 Å². The van der Waals surface area contributed by atoms with Crippen LogP contribution in [-0.2, 0) is 11.4 Å². The summed E-state index contributed by atoms with van der Waals surface area (Å²) in [6.07, 6.45) is 0. The quantitative estimate of drug-likeness (QED) is 0.721. The Morgan fingerprint density at radius 1 is 1.53 bits per heavy atom. The Morgan fingerprint density at radius 3 is 2.80 bits per heavy atom. The third kappa shape index (κ3) is 3.14. The average molecular weight is 211 g/mol. The maximum atomic E-state index is 10.5. The van der Waals surface area contributed by atoms with Crippen molar-refractivity contribution in [3.8, 4) is 11.5 Å². The van der Waals surface area contributed by atoms with Crippen LogP contribution in [0.2, 0.25) is 0 Å². The molecule has 0 spiro atoms. The van der Waals surface area contributed by atoms with Crippen LogP contribution in [-0.4, -0.2) is 24.7 Å². The Morgan fingerprint density at radius 2 is 2.27 bits per heavy atom. The summed E-state index contributed by atoms with van der Waals surface area (Å²) in [5.41, 5.74) is 5.59. The van der Waals surface area contributed by atoms with E-state index >= 15 is 0 Å². The first-order chi connectivity index (χ1) is 7.17. The molecule has 0 saturated heterocycles. The summed E-state index contributed by atoms with van der Waals surface area (Å²) in [6, 6.07) is 4.89. The fourth-order valence-electron chi connectivity index (χ4n) is 1.10. The molecule has 0 saturated carbocycles. The Balaban J connectivity index is 2.78. The predicted molar refractivity (Wildman–Crippen MR) is 53.6 cm³/mol. The second-order valence-corrected chi connectivity index (χ2v) is 2.89. The first-order valence-corrected chi connectivity index (χ1v) is 4.36. The summed E-state index contributed by atoms with van der Waals surface area (Å²) in [5, 5.41) is 8.96. The monoisotopic (exact) mass is 211 g/mol. The van der Waals surface area contributed by atoms with Gasteiger partial charge in [0.25, 0.3) is 5.91 Å². The Labute approximate surface area is 87.4 Å². The molecule has 1 aromatic carbocycles. The Bertz CT molecular complexity index is 351. The molecule has 0 aliphatic rings. The number of ether oxygens (including phenoxy) is 2. The van der Waals surface area contributed by atoms with Crippen molar-refractivity contribution in [1.29, 1.82) is 0 Å². The highest BCUT2D eigenvalue weighted by atomic mass is 16.5. The van der Waals surface area contributed by atoms with Crippen molar-refractivity contribution >= 4 is 5.91 Å². The van der Waals surface area contributed by atoms with Crippen molar-refractivity contribution in [2.24, 2.45) is 5.73 Å². The minimum atomic E-state index is -0.541. The van der Waals surface area contributed by atoms with Gasteiger partial charge in [-0.25, -0.2) is 0 Å². The van der Waals surface area contributed by atoms with E-state index in [1.165, 1.54) is 7.11 Å². The Hall–Kier alpha value is -1.75. The topological polar surface area (TPSA) is 81.8 Å². The van der Waals surface area contributed by atoms with Crippen LogP contribution >= 0.6 is 0 Å². The van der Waals surface area contributed by atoms with Gasteiger partial charge < -0.3 is 20.3 Å². The van der Waals surface area contributed by atoms with Crippen LogP contribution in [0.25, 0.3) is 0 Å². The molecular weight excluding hydrogens is 198 g/mol. The van der Waals surface area contributed by atoms with E-state index in [0.717, 1.165) is 0 Å². The van der Waals surface area contributed by atoms with E-state index < -0.39 is 5.91 Å². The number of hydrogen-bond acceptors (Lipinski definition) is 4. The SMILES string of the molecule is COc1cc(OCC(N)=O)ccc1CO. The molecule has 0 aliphatic carbocycles. The van der Waals surface area contributed by atoms with E-state index in [1.807, 2.05) is 0 Å². The number of carbonyl (C=O) groups excluding carboxylic acids is 1. The van der Waals surface area contributed by atoms with Crippen molar-refractivity contribution in [2.75, 3.05) is 13.7 Å². The zero-order valence-corrected chi connectivity index (χ0v) is 8.40. The molecule has 0 unspecified atom stereocenters. The molecule has 15 heavy (non-hydrogen) atoms. The molecule has 3 N–H and O–H groups in total. The second-order valence-electron chi connectivity index (χ2n) is 2.89. The number of nitrogens with two attached hydrogens (primary N) is 1. The normalized spacial score (nSPS) is 9.73. The van der Waals surface area contributed by atoms with Crippen LogP contribution < -0.4 is 15.2 Å². The highest BCUT2D eigenvalue weighted by Gasteiger charge is 2.04.